The Labute approximate surface area is 176 Å². The van der Waals surface area contributed by atoms with Crippen LogP contribution < -0.4 is 5.56 Å². The minimum Gasteiger partial charge on any atom is -0.481 e. The van der Waals surface area contributed by atoms with E-state index < -0.39 is 17.5 Å². The van der Waals surface area contributed by atoms with Crippen LogP contribution in [0.15, 0.2) is 35.1 Å². The van der Waals surface area contributed by atoms with Crippen molar-refractivity contribution in [3.8, 4) is 11.4 Å². The van der Waals surface area contributed by atoms with Gasteiger partial charge in [-0.3, -0.25) is 9.59 Å². The summed E-state index contributed by atoms with van der Waals surface area (Å²) in [6, 6.07) is 9.26. The third-order valence-electron chi connectivity index (χ3n) is 6.20. The first-order valence-corrected chi connectivity index (χ1v) is 10.1. The lowest BCUT2D eigenvalue weighted by Crippen LogP contribution is -2.44. The summed E-state index contributed by atoms with van der Waals surface area (Å²) >= 11 is 0. The van der Waals surface area contributed by atoms with Crippen LogP contribution in [0.5, 0.6) is 0 Å². The fraction of sp³-hybridized carbons (Fsp3) is 0.304. The highest BCUT2D eigenvalue weighted by Gasteiger charge is 2.45. The number of esters is 1. The van der Waals surface area contributed by atoms with Gasteiger partial charge in [-0.2, -0.15) is 0 Å². The quantitative estimate of drug-likeness (QED) is 0.485. The number of pyridine rings is 2. The van der Waals surface area contributed by atoms with Crippen molar-refractivity contribution in [3.05, 3.63) is 62.9 Å². The van der Waals surface area contributed by atoms with Crippen LogP contribution in [0, 0.1) is 0 Å². The monoisotopic (exact) mass is 420 g/mol. The molecule has 158 valence electrons. The van der Waals surface area contributed by atoms with Crippen LogP contribution >= 0.6 is 0 Å². The van der Waals surface area contributed by atoms with E-state index in [1.807, 2.05) is 24.3 Å². The number of carbonyl (C=O) groups excluding carboxylic acids is 1. The van der Waals surface area contributed by atoms with Gasteiger partial charge in [0.05, 0.1) is 29.0 Å². The number of cyclic esters (lactones) is 1. The normalized spacial score (nSPS) is 19.0. The van der Waals surface area contributed by atoms with Gasteiger partial charge in [0.1, 0.15) is 6.61 Å². The van der Waals surface area contributed by atoms with E-state index in [9.17, 15) is 19.5 Å². The number of aliphatic hydroxyl groups is 1. The molecule has 31 heavy (non-hydrogen) atoms. The van der Waals surface area contributed by atoms with E-state index in [4.69, 9.17) is 14.8 Å². The van der Waals surface area contributed by atoms with Crippen molar-refractivity contribution in [2.45, 2.75) is 44.9 Å². The average molecular weight is 420 g/mol. The number of ether oxygens (including phenoxy) is 1. The van der Waals surface area contributed by atoms with Crippen LogP contribution in [0.25, 0.3) is 22.3 Å². The first-order valence-electron chi connectivity index (χ1n) is 10.1. The molecule has 1 atom stereocenters. The Bertz CT molecular complexity index is 1340. The molecule has 5 rings (SSSR count). The highest BCUT2D eigenvalue weighted by Crippen LogP contribution is 2.38. The smallest absolute Gasteiger partial charge is 0.343 e. The summed E-state index contributed by atoms with van der Waals surface area (Å²) in [6.07, 6.45) is 0.578. The number of carboxylic acid groups (broad SMARTS) is 1. The van der Waals surface area contributed by atoms with E-state index in [0.717, 1.165) is 22.0 Å². The molecule has 2 aromatic heterocycles. The van der Waals surface area contributed by atoms with Crippen molar-refractivity contribution in [1.29, 1.82) is 0 Å². The second-order valence-corrected chi connectivity index (χ2v) is 8.02. The molecule has 0 saturated carbocycles. The second kappa shape index (κ2) is 6.75. The first-order chi connectivity index (χ1) is 14.8. The Morgan fingerprint density at radius 1 is 1.26 bits per heavy atom. The zero-order chi connectivity index (χ0) is 21.9. The summed E-state index contributed by atoms with van der Waals surface area (Å²) in [4.78, 5) is 41.0. The molecule has 3 aromatic rings. The van der Waals surface area contributed by atoms with Gasteiger partial charge in [-0.05, 0) is 42.7 Å². The molecular weight excluding hydrogens is 400 g/mol. The molecule has 8 nitrogen and oxygen atoms in total. The molecule has 2 aliphatic heterocycles. The summed E-state index contributed by atoms with van der Waals surface area (Å²) in [5.41, 5.74) is 2.14. The molecule has 0 spiro atoms. The van der Waals surface area contributed by atoms with Crippen LogP contribution in [-0.2, 0) is 39.5 Å². The second-order valence-electron chi connectivity index (χ2n) is 8.02. The molecular formula is C23H20N2O6. The van der Waals surface area contributed by atoms with E-state index in [1.54, 1.807) is 17.6 Å². The molecule has 2 N–H and O–H groups in total. The maximum Gasteiger partial charge on any atom is 0.343 e. The third kappa shape index (κ3) is 2.86. The maximum absolute atomic E-state index is 13.2. The predicted octanol–water partition coefficient (Wildman–Crippen LogP) is 2.10. The van der Waals surface area contributed by atoms with Crippen molar-refractivity contribution >= 4 is 22.8 Å². The van der Waals surface area contributed by atoms with E-state index in [-0.39, 0.29) is 25.0 Å². The third-order valence-corrected chi connectivity index (χ3v) is 6.20. The van der Waals surface area contributed by atoms with Crippen molar-refractivity contribution < 1.29 is 24.5 Å². The van der Waals surface area contributed by atoms with Crippen LogP contribution in [-0.4, -0.2) is 31.7 Å². The first kappa shape index (κ1) is 19.4. The van der Waals surface area contributed by atoms with Crippen molar-refractivity contribution in [2.24, 2.45) is 0 Å². The number of aromatic nitrogens is 2. The SMILES string of the molecule is CC[C@@]1(O)C(=O)OCc2c1cc1n(c2=O)Cc2cc3cc(CCC(=O)O)ccc3nc2-1. The highest BCUT2D eigenvalue weighted by molar-refractivity contribution is 5.86. The topological polar surface area (TPSA) is 119 Å². The summed E-state index contributed by atoms with van der Waals surface area (Å²) in [5, 5.41) is 20.7. The number of benzene rings is 1. The minimum absolute atomic E-state index is 0.0530. The fourth-order valence-corrected chi connectivity index (χ4v) is 4.44. The molecule has 0 bridgehead atoms. The lowest BCUT2D eigenvalue weighted by molar-refractivity contribution is -0.172. The molecule has 0 aliphatic carbocycles. The number of hydrogen-bond acceptors (Lipinski definition) is 6. The van der Waals surface area contributed by atoms with Gasteiger partial charge in [-0.15, -0.1) is 0 Å². The molecule has 8 heteroatoms. The molecule has 2 aliphatic rings. The lowest BCUT2D eigenvalue weighted by atomic mass is 9.86. The number of carbonyl (C=O) groups is 2. The van der Waals surface area contributed by atoms with E-state index in [2.05, 4.69) is 0 Å². The van der Waals surface area contributed by atoms with Gasteiger partial charge < -0.3 is 19.5 Å². The predicted molar refractivity (Wildman–Crippen MR) is 110 cm³/mol. The van der Waals surface area contributed by atoms with Gasteiger partial charge in [0.2, 0.25) is 0 Å². The van der Waals surface area contributed by atoms with Crippen LogP contribution in [0.4, 0.5) is 0 Å². The molecule has 0 saturated heterocycles. The Kier molecular flexibility index (Phi) is 4.23. The summed E-state index contributed by atoms with van der Waals surface area (Å²) in [5.74, 6) is -1.59. The van der Waals surface area contributed by atoms with Gasteiger partial charge in [0.25, 0.3) is 5.56 Å². The number of rotatable bonds is 4. The zero-order valence-electron chi connectivity index (χ0n) is 16.8. The molecule has 0 amide bonds. The van der Waals surface area contributed by atoms with E-state index >= 15 is 0 Å². The number of aryl methyl sites for hydroxylation is 1. The number of carboxylic acids is 1. The van der Waals surface area contributed by atoms with Crippen LogP contribution in [0.1, 0.15) is 42.0 Å². The maximum atomic E-state index is 13.2. The van der Waals surface area contributed by atoms with Gasteiger partial charge in [0.15, 0.2) is 5.60 Å². The van der Waals surface area contributed by atoms with Crippen molar-refractivity contribution in [3.63, 3.8) is 0 Å². The fourth-order valence-electron chi connectivity index (χ4n) is 4.44. The van der Waals surface area contributed by atoms with Gasteiger partial charge >= 0.3 is 11.9 Å². The molecule has 4 heterocycles. The largest absolute Gasteiger partial charge is 0.481 e. The summed E-state index contributed by atoms with van der Waals surface area (Å²) in [6.45, 7) is 1.84. The van der Waals surface area contributed by atoms with Crippen LogP contribution in [0.3, 0.4) is 0 Å². The lowest BCUT2D eigenvalue weighted by Gasteiger charge is -2.31. The number of aliphatic carboxylic acids is 1. The van der Waals surface area contributed by atoms with Gasteiger partial charge in [-0.1, -0.05) is 13.0 Å². The Hall–Kier alpha value is -3.52. The molecule has 1 aromatic carbocycles. The number of nitrogens with zero attached hydrogens (tertiary/aromatic N) is 2. The van der Waals surface area contributed by atoms with Crippen molar-refractivity contribution in [2.75, 3.05) is 0 Å². The van der Waals surface area contributed by atoms with E-state index in [1.165, 1.54) is 0 Å². The Balaban J connectivity index is 1.64. The molecule has 0 radical (unpaired) electrons. The average Bonchev–Trinajstić information content (AvgIpc) is 3.11. The van der Waals surface area contributed by atoms with Crippen LogP contribution in [0.2, 0.25) is 0 Å². The van der Waals surface area contributed by atoms with E-state index in [0.29, 0.717) is 35.5 Å². The number of hydrogen-bond donors (Lipinski definition) is 2. The van der Waals surface area contributed by atoms with Crippen molar-refractivity contribution in [1.82, 2.24) is 9.55 Å². The minimum atomic E-state index is -1.85. The summed E-state index contributed by atoms with van der Waals surface area (Å²) in [7, 11) is 0. The highest BCUT2D eigenvalue weighted by atomic mass is 16.6. The van der Waals surface area contributed by atoms with Gasteiger partial charge in [0, 0.05) is 22.9 Å². The molecule has 0 fully saturated rings. The standard InChI is InChI=1S/C23H20N2O6/c1-2-23(30)16-9-18-20-14(10-25(18)21(28)15(16)11-31-22(23)29)8-13-7-12(4-6-19(26)27)3-5-17(13)24-20/h3,5,7-9,30H,2,4,6,10-11H2,1H3,(H,26,27)/t23-/m0/s1. The summed E-state index contributed by atoms with van der Waals surface area (Å²) < 4.78 is 6.68. The van der Waals surface area contributed by atoms with Gasteiger partial charge in [-0.25, -0.2) is 9.78 Å². The number of fused-ring (bicyclic) bond motifs is 5. The molecule has 0 unspecified atom stereocenters. The Morgan fingerprint density at radius 3 is 2.81 bits per heavy atom. The zero-order valence-corrected chi connectivity index (χ0v) is 16.8. The Morgan fingerprint density at radius 2 is 2.06 bits per heavy atom.